The van der Waals surface area contributed by atoms with Gasteiger partial charge in [-0.05, 0) is 23.6 Å². The molecule has 18 heavy (non-hydrogen) atoms. The molecule has 2 rings (SSSR count). The second-order valence-electron chi connectivity index (χ2n) is 4.39. The highest BCUT2D eigenvalue weighted by molar-refractivity contribution is 5.72. The van der Waals surface area contributed by atoms with E-state index in [1.807, 2.05) is 12.1 Å². The predicted molar refractivity (Wildman–Crippen MR) is 68.7 cm³/mol. The first-order valence-electron chi connectivity index (χ1n) is 5.66. The fourth-order valence-corrected chi connectivity index (χ4v) is 1.72. The summed E-state index contributed by atoms with van der Waals surface area (Å²) in [5.41, 5.74) is 7.08. The molecular formula is C13H16N2O3. The number of rotatable bonds is 3. The van der Waals surface area contributed by atoms with Gasteiger partial charge < -0.3 is 20.1 Å². The summed E-state index contributed by atoms with van der Waals surface area (Å²) < 4.78 is 10.2. The average Bonchev–Trinajstić information content (AvgIpc) is 2.75. The molecule has 0 atom stereocenters. The first-order chi connectivity index (χ1) is 8.52. The first-order valence-corrected chi connectivity index (χ1v) is 5.66. The lowest BCUT2D eigenvalue weighted by Crippen LogP contribution is -1.93. The average molecular weight is 248 g/mol. The molecule has 2 aromatic rings. The lowest BCUT2D eigenvalue weighted by molar-refractivity contribution is 0.371. The van der Waals surface area contributed by atoms with E-state index in [9.17, 15) is 5.11 Å². The monoisotopic (exact) mass is 248 g/mol. The molecular weight excluding hydrogens is 232 g/mol. The van der Waals surface area contributed by atoms with Crippen LogP contribution < -0.4 is 10.5 Å². The second-order valence-corrected chi connectivity index (χ2v) is 4.39. The molecule has 0 spiro atoms. The number of ether oxygens (including phenoxy) is 1. The van der Waals surface area contributed by atoms with Gasteiger partial charge in [0.05, 0.1) is 12.7 Å². The summed E-state index contributed by atoms with van der Waals surface area (Å²) in [5.74, 6) is 1.44. The summed E-state index contributed by atoms with van der Waals surface area (Å²) in [6, 6.07) is 5.23. The number of hydrogen-bond donors (Lipinski definition) is 2. The topological polar surface area (TPSA) is 81.5 Å². The van der Waals surface area contributed by atoms with E-state index in [2.05, 4.69) is 19.0 Å². The van der Waals surface area contributed by atoms with E-state index in [1.165, 1.54) is 7.11 Å². The number of nitrogens with zero attached hydrogens (tertiary/aromatic N) is 1. The van der Waals surface area contributed by atoms with Gasteiger partial charge >= 0.3 is 0 Å². The molecule has 5 nitrogen and oxygen atoms in total. The SMILES string of the molecule is COc1cc(C(C)C)cc(-c2cc(N)no2)c1O. The summed E-state index contributed by atoms with van der Waals surface area (Å²) in [5, 5.41) is 13.7. The smallest absolute Gasteiger partial charge is 0.172 e. The lowest BCUT2D eigenvalue weighted by Gasteiger charge is -2.12. The minimum absolute atomic E-state index is 0.0260. The molecule has 3 N–H and O–H groups in total. The number of nitrogen functional groups attached to an aromatic ring is 1. The van der Waals surface area contributed by atoms with Crippen molar-refractivity contribution >= 4 is 5.82 Å². The van der Waals surface area contributed by atoms with E-state index < -0.39 is 0 Å². The zero-order valence-electron chi connectivity index (χ0n) is 10.6. The van der Waals surface area contributed by atoms with Crippen LogP contribution in [-0.4, -0.2) is 17.4 Å². The number of phenols is 1. The fourth-order valence-electron chi connectivity index (χ4n) is 1.72. The highest BCUT2D eigenvalue weighted by Gasteiger charge is 2.17. The van der Waals surface area contributed by atoms with E-state index >= 15 is 0 Å². The molecule has 1 aromatic carbocycles. The van der Waals surface area contributed by atoms with Crippen molar-refractivity contribution in [3.8, 4) is 22.8 Å². The van der Waals surface area contributed by atoms with E-state index in [0.29, 0.717) is 23.0 Å². The first kappa shape index (κ1) is 12.3. The Kier molecular flexibility index (Phi) is 3.14. The Morgan fingerprint density at radius 1 is 1.33 bits per heavy atom. The van der Waals surface area contributed by atoms with Crippen molar-refractivity contribution in [2.75, 3.05) is 12.8 Å². The standard InChI is InChI=1S/C13H16N2O3/c1-7(2)8-4-9(10-6-12(14)15-18-10)13(16)11(5-8)17-3/h4-7,16H,1-3H3,(H2,14,15). The highest BCUT2D eigenvalue weighted by Crippen LogP contribution is 2.40. The molecule has 0 unspecified atom stereocenters. The van der Waals surface area contributed by atoms with Crippen molar-refractivity contribution in [3.63, 3.8) is 0 Å². The van der Waals surface area contributed by atoms with E-state index in [0.717, 1.165) is 5.56 Å². The van der Waals surface area contributed by atoms with Gasteiger partial charge in [-0.1, -0.05) is 19.0 Å². The molecule has 1 aromatic heterocycles. The number of benzene rings is 1. The predicted octanol–water partition coefficient (Wildman–Crippen LogP) is 2.76. The zero-order chi connectivity index (χ0) is 13.3. The molecule has 0 aliphatic rings. The molecule has 0 fully saturated rings. The molecule has 0 aliphatic carbocycles. The third kappa shape index (κ3) is 2.11. The van der Waals surface area contributed by atoms with Gasteiger partial charge in [-0.3, -0.25) is 0 Å². The van der Waals surface area contributed by atoms with Gasteiger partial charge in [-0.15, -0.1) is 0 Å². The molecule has 1 heterocycles. The number of aromatic nitrogens is 1. The van der Waals surface area contributed by atoms with Crippen LogP contribution in [0.15, 0.2) is 22.7 Å². The van der Waals surface area contributed by atoms with E-state index in [4.69, 9.17) is 15.0 Å². The van der Waals surface area contributed by atoms with Gasteiger partial charge in [-0.2, -0.15) is 0 Å². The molecule has 0 aliphatic heterocycles. The molecule has 0 amide bonds. The maximum atomic E-state index is 10.1. The van der Waals surface area contributed by atoms with E-state index in [1.54, 1.807) is 6.07 Å². The van der Waals surface area contributed by atoms with Crippen molar-refractivity contribution in [3.05, 3.63) is 23.8 Å². The minimum atomic E-state index is 0.0260. The van der Waals surface area contributed by atoms with Crippen LogP contribution in [0, 0.1) is 0 Å². The molecule has 5 heteroatoms. The number of aromatic hydroxyl groups is 1. The van der Waals surface area contributed by atoms with Crippen molar-refractivity contribution in [2.45, 2.75) is 19.8 Å². The fraction of sp³-hybridized carbons (Fsp3) is 0.308. The van der Waals surface area contributed by atoms with Crippen molar-refractivity contribution in [2.24, 2.45) is 0 Å². The maximum Gasteiger partial charge on any atom is 0.172 e. The summed E-state index contributed by atoms with van der Waals surface area (Å²) in [6.45, 7) is 4.12. The third-order valence-corrected chi connectivity index (χ3v) is 2.78. The van der Waals surface area contributed by atoms with Crippen LogP contribution in [0.1, 0.15) is 25.3 Å². The van der Waals surface area contributed by atoms with Gasteiger partial charge in [-0.25, -0.2) is 0 Å². The quantitative estimate of drug-likeness (QED) is 0.872. The molecule has 0 radical (unpaired) electrons. The summed E-state index contributed by atoms with van der Waals surface area (Å²) in [7, 11) is 1.51. The maximum absolute atomic E-state index is 10.1. The van der Waals surface area contributed by atoms with E-state index in [-0.39, 0.29) is 11.6 Å². The molecule has 0 saturated carbocycles. The van der Waals surface area contributed by atoms with Crippen molar-refractivity contribution in [1.29, 1.82) is 0 Å². The van der Waals surface area contributed by atoms with Gasteiger partial charge in [0.1, 0.15) is 0 Å². The van der Waals surface area contributed by atoms with Crippen molar-refractivity contribution in [1.82, 2.24) is 5.16 Å². The van der Waals surface area contributed by atoms with Crippen LogP contribution in [0.25, 0.3) is 11.3 Å². The van der Waals surface area contributed by atoms with Crippen LogP contribution >= 0.6 is 0 Å². The van der Waals surface area contributed by atoms with Gasteiger partial charge in [0.15, 0.2) is 23.1 Å². The zero-order valence-corrected chi connectivity index (χ0v) is 10.6. The number of nitrogens with two attached hydrogens (primary N) is 1. The Morgan fingerprint density at radius 3 is 2.56 bits per heavy atom. The van der Waals surface area contributed by atoms with Crippen LogP contribution in [0.3, 0.4) is 0 Å². The molecule has 0 bridgehead atoms. The third-order valence-electron chi connectivity index (χ3n) is 2.78. The number of methoxy groups -OCH3 is 1. The Bertz CT molecular complexity index is 561. The number of phenolic OH excluding ortho intramolecular Hbond substituents is 1. The van der Waals surface area contributed by atoms with Gasteiger partial charge in [0, 0.05) is 6.07 Å². The van der Waals surface area contributed by atoms with Crippen molar-refractivity contribution < 1.29 is 14.4 Å². The number of anilines is 1. The summed E-state index contributed by atoms with van der Waals surface area (Å²) in [6.07, 6.45) is 0. The molecule has 0 saturated heterocycles. The van der Waals surface area contributed by atoms with Gasteiger partial charge in [0.25, 0.3) is 0 Å². The largest absolute Gasteiger partial charge is 0.504 e. The summed E-state index contributed by atoms with van der Waals surface area (Å²) in [4.78, 5) is 0. The second kappa shape index (κ2) is 4.60. The van der Waals surface area contributed by atoms with Crippen LogP contribution in [0.5, 0.6) is 11.5 Å². The van der Waals surface area contributed by atoms with Crippen LogP contribution in [-0.2, 0) is 0 Å². The Hall–Kier alpha value is -2.17. The molecule has 96 valence electrons. The highest BCUT2D eigenvalue weighted by atomic mass is 16.5. The summed E-state index contributed by atoms with van der Waals surface area (Å²) >= 11 is 0. The Balaban J connectivity index is 2.61. The normalized spacial score (nSPS) is 10.9. The lowest BCUT2D eigenvalue weighted by atomic mass is 9.98. The Morgan fingerprint density at radius 2 is 2.06 bits per heavy atom. The Labute approximate surface area is 105 Å². The van der Waals surface area contributed by atoms with Crippen LogP contribution in [0.4, 0.5) is 5.82 Å². The van der Waals surface area contributed by atoms with Gasteiger partial charge in [0.2, 0.25) is 0 Å². The minimum Gasteiger partial charge on any atom is -0.504 e. The number of hydrogen-bond acceptors (Lipinski definition) is 5. The van der Waals surface area contributed by atoms with Crippen LogP contribution in [0.2, 0.25) is 0 Å².